The zero-order valence-electron chi connectivity index (χ0n) is 15.6. The van der Waals surface area contributed by atoms with Gasteiger partial charge in [0.1, 0.15) is 0 Å². The molecule has 7 atom stereocenters. The molecule has 3 aliphatic carbocycles. The molecule has 136 valence electrons. The van der Waals surface area contributed by atoms with Crippen molar-refractivity contribution in [1.82, 2.24) is 4.90 Å². The Morgan fingerprint density at radius 2 is 2.00 bits per heavy atom. The lowest BCUT2D eigenvalue weighted by Crippen LogP contribution is -2.60. The first kappa shape index (κ1) is 17.1. The summed E-state index contributed by atoms with van der Waals surface area (Å²) in [6, 6.07) is 2.53. The quantitative estimate of drug-likeness (QED) is 0.705. The molecule has 25 heavy (non-hydrogen) atoms. The molecule has 0 unspecified atom stereocenters. The Morgan fingerprint density at radius 3 is 2.72 bits per heavy atom. The number of rotatable bonds is 1. The molecular formula is C21H29FN2O. The lowest BCUT2D eigenvalue weighted by molar-refractivity contribution is -0.142. The number of hydrogen-bond acceptors (Lipinski definition) is 2. The summed E-state index contributed by atoms with van der Waals surface area (Å²) in [5.41, 5.74) is 0.0308. The van der Waals surface area contributed by atoms with Crippen LogP contribution in [0, 0.1) is 45.8 Å². The van der Waals surface area contributed by atoms with Gasteiger partial charge < -0.3 is 4.90 Å². The lowest BCUT2D eigenvalue weighted by atomic mass is 9.47. The zero-order valence-corrected chi connectivity index (χ0v) is 15.6. The van der Waals surface area contributed by atoms with Crippen molar-refractivity contribution >= 4 is 5.91 Å². The van der Waals surface area contributed by atoms with Gasteiger partial charge in [0.2, 0.25) is 0 Å². The van der Waals surface area contributed by atoms with Gasteiger partial charge in [0.05, 0.1) is 6.07 Å². The first-order chi connectivity index (χ1) is 11.8. The summed E-state index contributed by atoms with van der Waals surface area (Å²) >= 11 is 0. The van der Waals surface area contributed by atoms with Crippen molar-refractivity contribution < 1.29 is 9.18 Å². The maximum Gasteiger partial charge on any atom is 0.282 e. The number of nitrogens with zero attached hydrogens (tertiary/aromatic N) is 2. The van der Waals surface area contributed by atoms with E-state index in [2.05, 4.69) is 19.9 Å². The Morgan fingerprint density at radius 1 is 1.24 bits per heavy atom. The normalized spacial score (nSPS) is 48.9. The second kappa shape index (κ2) is 5.56. The van der Waals surface area contributed by atoms with Crippen LogP contribution in [-0.2, 0) is 4.79 Å². The minimum atomic E-state index is -0.566. The fourth-order valence-electron chi connectivity index (χ4n) is 7.38. The second-order valence-electron chi connectivity index (χ2n) is 9.43. The first-order valence-electron chi connectivity index (χ1n) is 9.85. The number of amides is 1. The molecule has 1 aliphatic heterocycles. The molecule has 3 saturated carbocycles. The minimum Gasteiger partial charge on any atom is -0.336 e. The number of hydrogen-bond donors (Lipinski definition) is 0. The third-order valence-electron chi connectivity index (χ3n) is 8.69. The molecule has 0 aromatic heterocycles. The first-order valence-corrected chi connectivity index (χ1v) is 9.85. The van der Waals surface area contributed by atoms with Gasteiger partial charge in [-0.1, -0.05) is 13.8 Å². The Bertz CT molecular complexity index is 667. The molecule has 1 amide bonds. The molecule has 3 fully saturated rings. The molecule has 0 N–H and O–H groups in total. The van der Waals surface area contributed by atoms with Crippen molar-refractivity contribution in [3.05, 3.63) is 11.9 Å². The number of likely N-dealkylation sites (N-methyl/N-ethyl adjacent to an activating group) is 1. The van der Waals surface area contributed by atoms with E-state index in [1.807, 2.05) is 0 Å². The number of fused-ring (bicyclic) bond motifs is 5. The van der Waals surface area contributed by atoms with Gasteiger partial charge in [0.15, 0.2) is 5.83 Å². The van der Waals surface area contributed by atoms with Gasteiger partial charge in [-0.15, -0.1) is 0 Å². The molecule has 0 aromatic rings. The molecule has 0 radical (unpaired) electrons. The van der Waals surface area contributed by atoms with E-state index in [4.69, 9.17) is 0 Å². The zero-order chi connectivity index (χ0) is 18.0. The van der Waals surface area contributed by atoms with Crippen molar-refractivity contribution in [2.45, 2.75) is 64.8 Å². The molecule has 1 heterocycles. The average molecular weight is 344 g/mol. The van der Waals surface area contributed by atoms with E-state index in [1.165, 1.54) is 12.8 Å². The van der Waals surface area contributed by atoms with E-state index in [0.717, 1.165) is 25.7 Å². The van der Waals surface area contributed by atoms with E-state index in [-0.39, 0.29) is 16.9 Å². The average Bonchev–Trinajstić information content (AvgIpc) is 2.90. The van der Waals surface area contributed by atoms with Crippen molar-refractivity contribution in [3.8, 4) is 6.07 Å². The maximum absolute atomic E-state index is 14.3. The van der Waals surface area contributed by atoms with Crippen LogP contribution < -0.4 is 0 Å². The number of nitriles is 1. The fraction of sp³-hybridized carbons (Fsp3) is 0.810. The summed E-state index contributed by atoms with van der Waals surface area (Å²) in [5.74, 6) is 1.22. The highest BCUT2D eigenvalue weighted by Crippen LogP contribution is 2.66. The number of carbonyl (C=O) groups excluding carboxylic acids is 1. The highest BCUT2D eigenvalue weighted by Gasteiger charge is 2.60. The Kier molecular flexibility index (Phi) is 3.80. The fourth-order valence-corrected chi connectivity index (χ4v) is 7.38. The molecule has 0 spiro atoms. The molecule has 0 bridgehead atoms. The van der Waals surface area contributed by atoms with E-state index in [9.17, 15) is 14.4 Å². The van der Waals surface area contributed by atoms with Gasteiger partial charge >= 0.3 is 0 Å². The van der Waals surface area contributed by atoms with Crippen LogP contribution >= 0.6 is 0 Å². The van der Waals surface area contributed by atoms with Crippen LogP contribution in [0.1, 0.15) is 58.8 Å². The van der Waals surface area contributed by atoms with Gasteiger partial charge in [0, 0.05) is 24.9 Å². The van der Waals surface area contributed by atoms with Crippen LogP contribution in [0.4, 0.5) is 4.39 Å². The third-order valence-corrected chi connectivity index (χ3v) is 8.69. The van der Waals surface area contributed by atoms with Gasteiger partial charge in [-0.2, -0.15) is 5.26 Å². The molecule has 0 aromatic carbocycles. The van der Waals surface area contributed by atoms with E-state index < -0.39 is 11.7 Å². The van der Waals surface area contributed by atoms with Crippen molar-refractivity contribution in [2.24, 2.45) is 34.5 Å². The highest BCUT2D eigenvalue weighted by molar-refractivity contribution is 5.92. The number of halogens is 1. The van der Waals surface area contributed by atoms with Gasteiger partial charge in [0.25, 0.3) is 5.91 Å². The molecule has 4 rings (SSSR count). The predicted molar refractivity (Wildman–Crippen MR) is 93.9 cm³/mol. The van der Waals surface area contributed by atoms with Gasteiger partial charge in [-0.3, -0.25) is 4.79 Å². The molecule has 0 saturated heterocycles. The van der Waals surface area contributed by atoms with Crippen LogP contribution in [0.5, 0.6) is 0 Å². The molecule has 3 nitrogen and oxygen atoms in total. The topological polar surface area (TPSA) is 44.1 Å². The van der Waals surface area contributed by atoms with E-state index in [1.54, 1.807) is 18.0 Å². The smallest absolute Gasteiger partial charge is 0.282 e. The third kappa shape index (κ3) is 2.17. The molecule has 4 aliphatic rings. The lowest BCUT2D eigenvalue weighted by Gasteiger charge is -2.60. The van der Waals surface area contributed by atoms with Crippen LogP contribution in [0.15, 0.2) is 11.9 Å². The van der Waals surface area contributed by atoms with Crippen molar-refractivity contribution in [1.29, 1.82) is 5.26 Å². The standard InChI is InChI=1S/C21H29FN2O/c1-20-10-8-16-14(15(20)6-4-13(20)9-11-23)5-7-18-21(16,2)12-17(22)19(25)24(18)3/h12-16,18H,4-10H2,1-3H3/t13-,14+,15+,16+,18-,20-,21-/m1/s1. The van der Waals surface area contributed by atoms with Gasteiger partial charge in [-0.25, -0.2) is 4.39 Å². The Hall–Kier alpha value is -1.37. The minimum absolute atomic E-state index is 0.126. The predicted octanol–water partition coefficient (Wildman–Crippen LogP) is 4.45. The highest BCUT2D eigenvalue weighted by atomic mass is 19.1. The second-order valence-corrected chi connectivity index (χ2v) is 9.43. The summed E-state index contributed by atoms with van der Waals surface area (Å²) in [5, 5.41) is 9.21. The van der Waals surface area contributed by atoms with Crippen LogP contribution in [0.2, 0.25) is 0 Å². The van der Waals surface area contributed by atoms with Crippen LogP contribution in [0.25, 0.3) is 0 Å². The Labute approximate surface area is 150 Å². The maximum atomic E-state index is 14.3. The van der Waals surface area contributed by atoms with Gasteiger partial charge in [-0.05, 0) is 73.7 Å². The van der Waals surface area contributed by atoms with E-state index >= 15 is 0 Å². The number of carbonyl (C=O) groups is 1. The van der Waals surface area contributed by atoms with Crippen molar-refractivity contribution in [2.75, 3.05) is 7.05 Å². The SMILES string of the molecule is CN1C(=O)C(F)=C[C@]2(C)[C@H]3CC[C@]4(C)[C@@H](CC#N)CC[C@H]4[C@@H]3CC[C@@H]12. The molecular weight excluding hydrogens is 315 g/mol. The van der Waals surface area contributed by atoms with Crippen LogP contribution in [0.3, 0.4) is 0 Å². The summed E-state index contributed by atoms with van der Waals surface area (Å²) in [7, 11) is 1.77. The summed E-state index contributed by atoms with van der Waals surface area (Å²) in [4.78, 5) is 13.7. The summed E-state index contributed by atoms with van der Waals surface area (Å²) in [6.45, 7) is 4.59. The van der Waals surface area contributed by atoms with E-state index in [0.29, 0.717) is 30.1 Å². The summed E-state index contributed by atoms with van der Waals surface area (Å²) in [6.07, 6.45) is 9.07. The van der Waals surface area contributed by atoms with Crippen LogP contribution in [-0.4, -0.2) is 23.9 Å². The Balaban J connectivity index is 1.68. The largest absolute Gasteiger partial charge is 0.336 e. The molecule has 4 heteroatoms. The monoisotopic (exact) mass is 344 g/mol. The van der Waals surface area contributed by atoms with Crippen molar-refractivity contribution in [3.63, 3.8) is 0 Å². The summed E-state index contributed by atoms with van der Waals surface area (Å²) < 4.78 is 14.3.